The van der Waals surface area contributed by atoms with Crippen molar-refractivity contribution >= 4 is 50.7 Å². The van der Waals surface area contributed by atoms with Crippen LogP contribution in [-0.2, 0) is 14.4 Å². The summed E-state index contributed by atoms with van der Waals surface area (Å²) < 4.78 is 11.4. The third kappa shape index (κ3) is 4.57. The lowest BCUT2D eigenvalue weighted by Crippen LogP contribution is -2.29. The Morgan fingerprint density at radius 2 is 1.64 bits per heavy atom. The maximum atomic E-state index is 13.4. The number of Topliss-reactive ketones (excluding diaryl/α,β-unsaturated/α-hetero) is 1. The zero-order valence-corrected chi connectivity index (χ0v) is 21.3. The summed E-state index contributed by atoms with van der Waals surface area (Å²) in [6.45, 7) is 1.39. The number of rotatable bonds is 6. The number of aliphatic hydroxyl groups excluding tert-OH is 1. The second-order valence-corrected chi connectivity index (χ2v) is 8.84. The SMILES string of the molecule is COc1ccc(/C(O)=C2\C(=O)C(=O)N(c3ccc(NC(C)=O)cc3)C2c2ccccc2OC)cc1Br. The van der Waals surface area contributed by atoms with Crippen molar-refractivity contribution in [1.29, 1.82) is 0 Å². The van der Waals surface area contributed by atoms with Gasteiger partial charge in [0.05, 0.1) is 30.3 Å². The van der Waals surface area contributed by atoms with Gasteiger partial charge in [-0.2, -0.15) is 0 Å². The molecule has 4 rings (SSSR count). The Kier molecular flexibility index (Phi) is 7.12. The van der Waals surface area contributed by atoms with Crippen LogP contribution in [0.1, 0.15) is 24.1 Å². The number of aliphatic hydroxyl groups is 1. The molecule has 0 radical (unpaired) electrons. The topological polar surface area (TPSA) is 105 Å². The average molecular weight is 551 g/mol. The number of ether oxygens (including phenoxy) is 2. The fourth-order valence-corrected chi connectivity index (χ4v) is 4.70. The summed E-state index contributed by atoms with van der Waals surface area (Å²) in [5.74, 6) is -1.19. The monoisotopic (exact) mass is 550 g/mol. The first-order valence-electron chi connectivity index (χ1n) is 10.9. The highest BCUT2D eigenvalue weighted by atomic mass is 79.9. The molecule has 2 N–H and O–H groups in total. The number of benzene rings is 3. The van der Waals surface area contributed by atoms with Crippen LogP contribution in [-0.4, -0.2) is 36.9 Å². The minimum Gasteiger partial charge on any atom is -0.507 e. The quantitative estimate of drug-likeness (QED) is 0.253. The summed E-state index contributed by atoms with van der Waals surface area (Å²) in [6.07, 6.45) is 0. The number of amides is 2. The standard InChI is InChI=1S/C27H23BrN2O6/c1-15(31)29-17-9-11-18(12-10-17)30-24(19-6-4-5-7-21(19)35-2)23(26(33)27(30)34)25(32)16-8-13-22(36-3)20(28)14-16/h4-14,24,32H,1-3H3,(H,29,31)/b25-23+. The lowest BCUT2D eigenvalue weighted by atomic mass is 9.94. The molecule has 0 saturated carbocycles. The molecule has 1 atom stereocenters. The molecule has 2 amide bonds. The number of para-hydroxylation sites is 1. The van der Waals surface area contributed by atoms with Gasteiger partial charge < -0.3 is 19.9 Å². The number of carbonyl (C=O) groups excluding carboxylic acids is 3. The molecule has 1 aliphatic rings. The number of nitrogens with zero attached hydrogens (tertiary/aromatic N) is 1. The lowest BCUT2D eigenvalue weighted by Gasteiger charge is -2.26. The maximum Gasteiger partial charge on any atom is 0.300 e. The highest BCUT2D eigenvalue weighted by Gasteiger charge is 2.48. The van der Waals surface area contributed by atoms with Crippen molar-refractivity contribution in [3.8, 4) is 11.5 Å². The van der Waals surface area contributed by atoms with Crippen molar-refractivity contribution in [3.63, 3.8) is 0 Å². The summed E-state index contributed by atoms with van der Waals surface area (Å²) in [4.78, 5) is 39.4. The average Bonchev–Trinajstić information content (AvgIpc) is 3.13. The first-order valence-corrected chi connectivity index (χ1v) is 11.7. The van der Waals surface area contributed by atoms with E-state index in [-0.39, 0.29) is 17.2 Å². The molecular formula is C27H23BrN2O6. The summed E-state index contributed by atoms with van der Waals surface area (Å²) in [6, 6.07) is 17.4. The van der Waals surface area contributed by atoms with Gasteiger partial charge in [-0.05, 0) is 64.5 Å². The zero-order chi connectivity index (χ0) is 26.0. The third-order valence-electron chi connectivity index (χ3n) is 5.77. The number of nitrogens with one attached hydrogen (secondary N) is 1. The fourth-order valence-electron chi connectivity index (χ4n) is 4.16. The van der Waals surface area contributed by atoms with Gasteiger partial charge in [0.15, 0.2) is 0 Å². The van der Waals surface area contributed by atoms with E-state index < -0.39 is 17.7 Å². The van der Waals surface area contributed by atoms with Gasteiger partial charge in [0.2, 0.25) is 5.91 Å². The van der Waals surface area contributed by atoms with E-state index >= 15 is 0 Å². The highest BCUT2D eigenvalue weighted by molar-refractivity contribution is 9.10. The number of ketones is 1. The summed E-state index contributed by atoms with van der Waals surface area (Å²) >= 11 is 3.40. The predicted molar refractivity (Wildman–Crippen MR) is 139 cm³/mol. The molecule has 184 valence electrons. The van der Waals surface area contributed by atoms with E-state index in [1.54, 1.807) is 66.7 Å². The van der Waals surface area contributed by atoms with Crippen LogP contribution in [0.2, 0.25) is 0 Å². The molecule has 1 fully saturated rings. The number of anilines is 2. The summed E-state index contributed by atoms with van der Waals surface area (Å²) in [7, 11) is 3.01. The molecule has 1 heterocycles. The Morgan fingerprint density at radius 3 is 2.25 bits per heavy atom. The predicted octanol–water partition coefficient (Wildman–Crippen LogP) is 5.05. The molecule has 1 saturated heterocycles. The molecule has 1 unspecified atom stereocenters. The van der Waals surface area contributed by atoms with Crippen LogP contribution < -0.4 is 19.7 Å². The van der Waals surface area contributed by atoms with Gasteiger partial charge in [0.25, 0.3) is 11.7 Å². The molecule has 0 aliphatic carbocycles. The molecule has 8 nitrogen and oxygen atoms in total. The first kappa shape index (κ1) is 25.0. The van der Waals surface area contributed by atoms with Crippen molar-refractivity contribution in [3.05, 3.63) is 87.9 Å². The van der Waals surface area contributed by atoms with Crippen molar-refractivity contribution < 1.29 is 29.0 Å². The largest absolute Gasteiger partial charge is 0.507 e. The van der Waals surface area contributed by atoms with E-state index in [2.05, 4.69) is 21.2 Å². The minimum atomic E-state index is -0.964. The zero-order valence-electron chi connectivity index (χ0n) is 19.7. The van der Waals surface area contributed by atoms with E-state index in [0.717, 1.165) is 0 Å². The summed E-state index contributed by atoms with van der Waals surface area (Å²) in [5.41, 5.74) is 1.74. The smallest absolute Gasteiger partial charge is 0.300 e. The number of carbonyl (C=O) groups is 3. The van der Waals surface area contributed by atoms with Crippen LogP contribution in [0, 0.1) is 0 Å². The summed E-state index contributed by atoms with van der Waals surface area (Å²) in [5, 5.41) is 14.0. The van der Waals surface area contributed by atoms with Crippen LogP contribution >= 0.6 is 15.9 Å². The molecular weight excluding hydrogens is 528 g/mol. The third-order valence-corrected chi connectivity index (χ3v) is 6.39. The second kappa shape index (κ2) is 10.2. The van der Waals surface area contributed by atoms with Gasteiger partial charge >= 0.3 is 0 Å². The lowest BCUT2D eigenvalue weighted by molar-refractivity contribution is -0.132. The van der Waals surface area contributed by atoms with Crippen molar-refractivity contribution in [2.75, 3.05) is 24.4 Å². The van der Waals surface area contributed by atoms with Gasteiger partial charge in [-0.1, -0.05) is 18.2 Å². The molecule has 9 heteroatoms. The van der Waals surface area contributed by atoms with E-state index in [4.69, 9.17) is 9.47 Å². The second-order valence-electron chi connectivity index (χ2n) is 7.99. The van der Waals surface area contributed by atoms with Gasteiger partial charge in [-0.3, -0.25) is 19.3 Å². The maximum absolute atomic E-state index is 13.4. The number of methoxy groups -OCH3 is 2. The highest BCUT2D eigenvalue weighted by Crippen LogP contribution is 2.45. The molecule has 3 aromatic carbocycles. The Hall–Kier alpha value is -4.11. The molecule has 36 heavy (non-hydrogen) atoms. The molecule has 3 aromatic rings. The fraction of sp³-hybridized carbons (Fsp3) is 0.148. The van der Waals surface area contributed by atoms with Crippen LogP contribution in [0.4, 0.5) is 11.4 Å². The van der Waals surface area contributed by atoms with E-state index in [0.29, 0.717) is 38.5 Å². The van der Waals surface area contributed by atoms with Gasteiger partial charge in [-0.15, -0.1) is 0 Å². The Labute approximate surface area is 216 Å². The van der Waals surface area contributed by atoms with Crippen molar-refractivity contribution in [1.82, 2.24) is 0 Å². The number of halogens is 1. The van der Waals surface area contributed by atoms with E-state index in [9.17, 15) is 19.5 Å². The molecule has 0 bridgehead atoms. The Balaban J connectivity index is 1.92. The van der Waals surface area contributed by atoms with E-state index in [1.807, 2.05) is 0 Å². The Morgan fingerprint density at radius 1 is 0.972 bits per heavy atom. The Bertz CT molecular complexity index is 1380. The normalized spacial score (nSPS) is 16.7. The van der Waals surface area contributed by atoms with E-state index in [1.165, 1.54) is 26.0 Å². The molecule has 1 aliphatic heterocycles. The van der Waals surface area contributed by atoms with Gasteiger partial charge in [0, 0.05) is 29.4 Å². The van der Waals surface area contributed by atoms with Crippen LogP contribution in [0.3, 0.4) is 0 Å². The minimum absolute atomic E-state index is 0.0764. The van der Waals surface area contributed by atoms with Gasteiger partial charge in [0.1, 0.15) is 17.3 Å². The molecule has 0 aromatic heterocycles. The first-order chi connectivity index (χ1) is 17.3. The number of hydrogen-bond donors (Lipinski definition) is 2. The van der Waals surface area contributed by atoms with Crippen LogP contribution in [0.25, 0.3) is 5.76 Å². The van der Waals surface area contributed by atoms with Crippen LogP contribution in [0.5, 0.6) is 11.5 Å². The van der Waals surface area contributed by atoms with Crippen molar-refractivity contribution in [2.45, 2.75) is 13.0 Å². The molecule has 0 spiro atoms. The van der Waals surface area contributed by atoms with Gasteiger partial charge in [-0.25, -0.2) is 0 Å². The van der Waals surface area contributed by atoms with Crippen LogP contribution in [0.15, 0.2) is 76.8 Å². The number of hydrogen-bond acceptors (Lipinski definition) is 6. The van der Waals surface area contributed by atoms with Crippen molar-refractivity contribution in [2.24, 2.45) is 0 Å².